The number of nitrogens with zero attached hydrogens (tertiary/aromatic N) is 3. The van der Waals surface area contributed by atoms with E-state index < -0.39 is 12.0 Å². The summed E-state index contributed by atoms with van der Waals surface area (Å²) in [7, 11) is 2.88. The third-order valence-electron chi connectivity index (χ3n) is 6.78. The highest BCUT2D eigenvalue weighted by Gasteiger charge is 2.33. The van der Waals surface area contributed by atoms with Gasteiger partial charge in [0, 0.05) is 0 Å². The predicted molar refractivity (Wildman–Crippen MR) is 163 cm³/mol. The van der Waals surface area contributed by atoms with E-state index in [1.165, 1.54) is 18.4 Å². The first kappa shape index (κ1) is 29.0. The quantitative estimate of drug-likeness (QED) is 0.250. The Balaban J connectivity index is 1.56. The van der Waals surface area contributed by atoms with E-state index >= 15 is 0 Å². The maximum Gasteiger partial charge on any atom is 0.338 e. The maximum absolute atomic E-state index is 13.9. The average Bonchev–Trinajstić information content (AvgIpc) is 3.33. The first-order valence-electron chi connectivity index (χ1n) is 13.1. The number of nitriles is 1. The van der Waals surface area contributed by atoms with Crippen molar-refractivity contribution in [3.63, 3.8) is 0 Å². The molecular formula is C32H26BrN3O5S. The van der Waals surface area contributed by atoms with Crippen molar-refractivity contribution in [3.05, 3.63) is 124 Å². The molecule has 0 aliphatic carbocycles. The third-order valence-corrected chi connectivity index (χ3v) is 8.35. The van der Waals surface area contributed by atoms with Crippen molar-refractivity contribution in [2.24, 2.45) is 4.99 Å². The molecule has 2 heterocycles. The highest BCUT2D eigenvalue weighted by atomic mass is 79.9. The molecule has 0 unspecified atom stereocenters. The summed E-state index contributed by atoms with van der Waals surface area (Å²) in [6.07, 6.45) is 2.28. The molecule has 0 N–H and O–H groups in total. The number of hydrogen-bond acceptors (Lipinski definition) is 8. The summed E-state index contributed by atoms with van der Waals surface area (Å²) in [6, 6.07) is 21.7. The van der Waals surface area contributed by atoms with Crippen LogP contribution in [0, 0.1) is 11.3 Å². The van der Waals surface area contributed by atoms with Crippen molar-refractivity contribution in [1.82, 2.24) is 4.57 Å². The van der Waals surface area contributed by atoms with Crippen LogP contribution in [0.2, 0.25) is 0 Å². The summed E-state index contributed by atoms with van der Waals surface area (Å²) in [5, 5.41) is 9.02. The molecule has 4 aromatic rings. The SMILES string of the molecule is CCC1=C(C(=O)OC)[C@H](c2ccccc2)n2c(s/c(=C/c3cc(Br)c(OCc4ccc(C#N)cc4)c(OC)c3)c2=O)=N1. The lowest BCUT2D eigenvalue weighted by molar-refractivity contribution is -0.136. The van der Waals surface area contributed by atoms with Crippen LogP contribution >= 0.6 is 27.3 Å². The first-order chi connectivity index (χ1) is 20.4. The minimum Gasteiger partial charge on any atom is -0.493 e. The van der Waals surface area contributed by atoms with Gasteiger partial charge in [0.2, 0.25) is 0 Å². The molecule has 0 fully saturated rings. The van der Waals surface area contributed by atoms with Crippen molar-refractivity contribution >= 4 is 39.3 Å². The third kappa shape index (κ3) is 5.66. The molecular weight excluding hydrogens is 618 g/mol. The Morgan fingerprint density at radius 3 is 2.52 bits per heavy atom. The van der Waals surface area contributed by atoms with Crippen molar-refractivity contribution in [1.29, 1.82) is 5.26 Å². The van der Waals surface area contributed by atoms with Gasteiger partial charge in [-0.05, 0) is 69.4 Å². The number of esters is 1. The Kier molecular flexibility index (Phi) is 8.71. The number of rotatable bonds is 8. The van der Waals surface area contributed by atoms with Crippen LogP contribution in [0.3, 0.4) is 0 Å². The molecule has 1 aliphatic heterocycles. The van der Waals surface area contributed by atoms with Crippen LogP contribution in [-0.2, 0) is 16.1 Å². The smallest absolute Gasteiger partial charge is 0.338 e. The molecule has 0 saturated heterocycles. The van der Waals surface area contributed by atoms with Gasteiger partial charge >= 0.3 is 5.97 Å². The zero-order valence-electron chi connectivity index (χ0n) is 23.1. The Bertz CT molecular complexity index is 1900. The maximum atomic E-state index is 13.9. The van der Waals surface area contributed by atoms with E-state index in [2.05, 4.69) is 22.0 Å². The summed E-state index contributed by atoms with van der Waals surface area (Å²) in [4.78, 5) is 32.1. The molecule has 3 aromatic carbocycles. The van der Waals surface area contributed by atoms with Gasteiger partial charge in [0.15, 0.2) is 16.3 Å². The minimum atomic E-state index is -0.661. The van der Waals surface area contributed by atoms with Crippen molar-refractivity contribution in [2.45, 2.75) is 26.0 Å². The molecule has 1 atom stereocenters. The largest absolute Gasteiger partial charge is 0.493 e. The van der Waals surface area contributed by atoms with Crippen LogP contribution in [-0.4, -0.2) is 24.8 Å². The second-order valence-electron chi connectivity index (χ2n) is 9.33. The molecule has 1 aliphatic rings. The summed E-state index contributed by atoms with van der Waals surface area (Å²) < 4.78 is 19.5. The first-order valence-corrected chi connectivity index (χ1v) is 14.7. The van der Waals surface area contributed by atoms with E-state index in [0.717, 1.165) is 11.1 Å². The molecule has 0 radical (unpaired) electrons. The lowest BCUT2D eigenvalue weighted by atomic mass is 9.95. The summed E-state index contributed by atoms with van der Waals surface area (Å²) in [6.45, 7) is 2.20. The molecule has 0 amide bonds. The molecule has 10 heteroatoms. The normalized spacial score (nSPS) is 14.5. The van der Waals surface area contributed by atoms with Crippen molar-refractivity contribution < 1.29 is 19.0 Å². The topological polar surface area (TPSA) is 103 Å². The van der Waals surface area contributed by atoms with Gasteiger partial charge in [0.05, 0.1) is 52.2 Å². The molecule has 0 spiro atoms. The number of thiazole rings is 1. The predicted octanol–water partition coefficient (Wildman–Crippen LogP) is 5.02. The number of methoxy groups -OCH3 is 2. The summed E-state index contributed by atoms with van der Waals surface area (Å²) in [5.74, 6) is 0.490. The van der Waals surface area contributed by atoms with Gasteiger partial charge in [-0.3, -0.25) is 9.36 Å². The summed E-state index contributed by atoms with van der Waals surface area (Å²) >= 11 is 4.85. The fraction of sp³-hybridized carbons (Fsp3) is 0.188. The molecule has 212 valence electrons. The summed E-state index contributed by atoms with van der Waals surface area (Å²) in [5.41, 5.74) is 3.68. The Morgan fingerprint density at radius 1 is 1.14 bits per heavy atom. The van der Waals surface area contributed by atoms with Gasteiger partial charge in [-0.1, -0.05) is 60.7 Å². The molecule has 0 bridgehead atoms. The lowest BCUT2D eigenvalue weighted by Crippen LogP contribution is -2.40. The van der Waals surface area contributed by atoms with Crippen LogP contribution in [0.4, 0.5) is 0 Å². The van der Waals surface area contributed by atoms with Gasteiger partial charge in [-0.25, -0.2) is 9.79 Å². The number of ether oxygens (including phenoxy) is 3. The fourth-order valence-corrected chi connectivity index (χ4v) is 6.35. The van der Waals surface area contributed by atoms with Crippen LogP contribution in [0.25, 0.3) is 6.08 Å². The number of aromatic nitrogens is 1. The molecule has 5 rings (SSSR count). The monoisotopic (exact) mass is 643 g/mol. The van der Waals surface area contributed by atoms with Crippen LogP contribution < -0.4 is 24.4 Å². The van der Waals surface area contributed by atoms with Crippen LogP contribution in [0.1, 0.15) is 41.6 Å². The highest BCUT2D eigenvalue weighted by molar-refractivity contribution is 9.10. The molecule has 1 aromatic heterocycles. The number of halogens is 1. The number of hydrogen-bond donors (Lipinski definition) is 0. The Morgan fingerprint density at radius 2 is 1.88 bits per heavy atom. The highest BCUT2D eigenvalue weighted by Crippen LogP contribution is 2.37. The second kappa shape index (κ2) is 12.6. The number of fused-ring (bicyclic) bond motifs is 1. The second-order valence-corrected chi connectivity index (χ2v) is 11.2. The Hall–Kier alpha value is -4.46. The van der Waals surface area contributed by atoms with Crippen molar-refractivity contribution in [3.8, 4) is 17.6 Å². The van der Waals surface area contributed by atoms with E-state index in [-0.39, 0.29) is 12.2 Å². The molecule has 42 heavy (non-hydrogen) atoms. The van der Waals surface area contributed by atoms with Crippen LogP contribution in [0.15, 0.2) is 92.3 Å². The van der Waals surface area contributed by atoms with Gasteiger partial charge in [-0.2, -0.15) is 5.26 Å². The number of benzene rings is 3. The standard InChI is InChI=1S/C32H26BrN3O5S/c1-4-24-27(31(38)40-3)28(22-8-6-5-7-9-22)36-30(37)26(42-32(36)35-24)16-21-14-23(33)29(25(15-21)39-2)41-18-20-12-10-19(17-34)11-13-20/h5-16,28H,4,18H2,1-3H3/b26-16+/t28-/m0/s1. The fourth-order valence-electron chi connectivity index (χ4n) is 4.76. The van der Waals surface area contributed by atoms with E-state index in [1.807, 2.05) is 55.5 Å². The Labute approximate surface area is 254 Å². The number of carbonyl (C=O) groups is 1. The van der Waals surface area contributed by atoms with Gasteiger partial charge in [0.1, 0.15) is 6.61 Å². The van der Waals surface area contributed by atoms with E-state index in [1.54, 1.807) is 36.0 Å². The molecule has 0 saturated carbocycles. The number of allylic oxidation sites excluding steroid dienone is 1. The van der Waals surface area contributed by atoms with E-state index in [4.69, 9.17) is 24.5 Å². The van der Waals surface area contributed by atoms with E-state index in [0.29, 0.717) is 54.1 Å². The number of carbonyl (C=O) groups excluding carboxylic acids is 1. The van der Waals surface area contributed by atoms with Crippen molar-refractivity contribution in [2.75, 3.05) is 14.2 Å². The zero-order valence-corrected chi connectivity index (χ0v) is 25.5. The average molecular weight is 645 g/mol. The minimum absolute atomic E-state index is 0.264. The van der Waals surface area contributed by atoms with Gasteiger partial charge in [0.25, 0.3) is 5.56 Å². The van der Waals surface area contributed by atoms with E-state index in [9.17, 15) is 9.59 Å². The van der Waals surface area contributed by atoms with Crippen LogP contribution in [0.5, 0.6) is 11.5 Å². The zero-order chi connectivity index (χ0) is 29.8. The van der Waals surface area contributed by atoms with Gasteiger partial charge in [-0.15, -0.1) is 0 Å². The molecule has 8 nitrogen and oxygen atoms in total. The lowest BCUT2D eigenvalue weighted by Gasteiger charge is -2.25. The van der Waals surface area contributed by atoms with Gasteiger partial charge < -0.3 is 14.2 Å².